The number of anilines is 3. The Kier molecular flexibility index (Phi) is 8.63. The van der Waals surface area contributed by atoms with Gasteiger partial charge in [0, 0.05) is 36.0 Å². The number of amides is 3. The van der Waals surface area contributed by atoms with Crippen molar-refractivity contribution in [2.24, 2.45) is 0 Å². The fraction of sp³-hybridized carbons (Fsp3) is 0.240. The van der Waals surface area contributed by atoms with Crippen LogP contribution in [0.5, 0.6) is 0 Å². The summed E-state index contributed by atoms with van der Waals surface area (Å²) >= 11 is 0. The molecule has 0 spiro atoms. The summed E-state index contributed by atoms with van der Waals surface area (Å²) in [7, 11) is 0. The second-order valence-electron chi connectivity index (χ2n) is 8.34. The number of aliphatic hydroxyl groups is 1. The van der Waals surface area contributed by atoms with Gasteiger partial charge in [-0.1, -0.05) is 17.7 Å². The summed E-state index contributed by atoms with van der Waals surface area (Å²) in [4.78, 5) is 52.9. The minimum absolute atomic E-state index is 0.195. The number of aliphatic hydroxyl groups excluding tert-OH is 1. The van der Waals surface area contributed by atoms with Crippen LogP contribution >= 0.6 is 0 Å². The van der Waals surface area contributed by atoms with Crippen LogP contribution in [0, 0.1) is 6.92 Å². The number of rotatable bonds is 5. The van der Waals surface area contributed by atoms with Crippen molar-refractivity contribution in [1.82, 2.24) is 9.88 Å². The van der Waals surface area contributed by atoms with E-state index in [9.17, 15) is 32.7 Å². The third-order valence-electron chi connectivity index (χ3n) is 5.70. The Morgan fingerprint density at radius 3 is 2.42 bits per heavy atom. The first-order valence-electron chi connectivity index (χ1n) is 11.2. The molecule has 13 heteroatoms. The number of pyridine rings is 1. The molecule has 2 unspecified atom stereocenters. The lowest BCUT2D eigenvalue weighted by Crippen LogP contribution is -2.63. The summed E-state index contributed by atoms with van der Waals surface area (Å²) in [5.74, 6) is -0.944. The molecular weight excluding hydrogens is 507 g/mol. The Hall–Kier alpha value is -4.52. The molecule has 4 rings (SSSR count). The van der Waals surface area contributed by atoms with Gasteiger partial charge in [0.05, 0.1) is 0 Å². The second-order valence-corrected chi connectivity index (χ2v) is 8.34. The number of piperazine rings is 1. The Morgan fingerprint density at radius 2 is 1.82 bits per heavy atom. The zero-order valence-electron chi connectivity index (χ0n) is 20.1. The lowest BCUT2D eigenvalue weighted by Gasteiger charge is -2.40. The number of hydrogen-bond acceptors (Lipinski definition) is 7. The highest BCUT2D eigenvalue weighted by Gasteiger charge is 2.42. The Morgan fingerprint density at radius 1 is 1.16 bits per heavy atom. The molecule has 3 aromatic rings. The zero-order valence-corrected chi connectivity index (χ0v) is 20.1. The molecule has 0 aliphatic carbocycles. The molecule has 1 aliphatic rings. The molecule has 2 atom stereocenters. The monoisotopic (exact) mass is 531 g/mol. The number of alkyl halides is 3. The fourth-order valence-corrected chi connectivity index (χ4v) is 3.82. The summed E-state index contributed by atoms with van der Waals surface area (Å²) < 4.78 is 31.2. The molecule has 1 aromatic heterocycles. The number of nitrogens with one attached hydrogen (secondary N) is 1. The molecule has 0 saturated carbocycles. The van der Waals surface area contributed by atoms with Crippen LogP contribution in [0.1, 0.15) is 5.56 Å². The van der Waals surface area contributed by atoms with Gasteiger partial charge in [0.15, 0.2) is 6.10 Å². The van der Waals surface area contributed by atoms with E-state index in [2.05, 4.69) is 10.3 Å². The highest BCUT2D eigenvalue weighted by atomic mass is 19.4. The van der Waals surface area contributed by atoms with Crippen LogP contribution in [-0.2, 0) is 19.2 Å². The molecule has 0 radical (unpaired) electrons. The predicted molar refractivity (Wildman–Crippen MR) is 133 cm³/mol. The van der Waals surface area contributed by atoms with Crippen molar-refractivity contribution in [1.29, 1.82) is 0 Å². The van der Waals surface area contributed by atoms with Gasteiger partial charge in [-0.3, -0.25) is 19.2 Å². The lowest BCUT2D eigenvalue weighted by atomic mass is 10.0. The molecule has 200 valence electrons. The van der Waals surface area contributed by atoms with Gasteiger partial charge in [-0.15, -0.1) is 0 Å². The lowest BCUT2D eigenvalue weighted by molar-refractivity contribution is -0.156. The second kappa shape index (κ2) is 11.7. The minimum atomic E-state index is -4.64. The maximum absolute atomic E-state index is 13.2. The van der Waals surface area contributed by atoms with Gasteiger partial charge >= 0.3 is 6.18 Å². The van der Waals surface area contributed by atoms with Gasteiger partial charge in [-0.2, -0.15) is 13.2 Å². The predicted octanol–water partition coefficient (Wildman–Crippen LogP) is 2.05. The van der Waals surface area contributed by atoms with E-state index in [0.29, 0.717) is 23.6 Å². The molecule has 3 amide bonds. The minimum Gasteiger partial charge on any atom is -0.383 e. The first kappa shape index (κ1) is 28.1. The van der Waals surface area contributed by atoms with Crippen LogP contribution in [0.3, 0.4) is 0 Å². The molecule has 4 N–H and O–H groups in total. The average Bonchev–Trinajstić information content (AvgIpc) is 2.88. The molecule has 1 saturated heterocycles. The van der Waals surface area contributed by atoms with Crippen molar-refractivity contribution in [3.8, 4) is 0 Å². The topological polar surface area (TPSA) is 146 Å². The molecule has 2 aromatic carbocycles. The molecule has 38 heavy (non-hydrogen) atoms. The van der Waals surface area contributed by atoms with Crippen LogP contribution < -0.4 is 16.0 Å². The van der Waals surface area contributed by atoms with Crippen molar-refractivity contribution < 1.29 is 37.5 Å². The standard InChI is InChI=1S/C23H23N5O4.C2HF3O/c1-14-2-5-17(6-3-14)28-11-10-27(13-29)19(23(28)32)20(30)22(31)26-16-4-7-18-15(12-16)8-9-25-21(18)24;3-2(4,5)1-6/h2-9,12-13,19-20,30H,10-11H2,1H3,(H2,24,25)(H,26,31);1H. The van der Waals surface area contributed by atoms with Crippen LogP contribution in [0.15, 0.2) is 54.7 Å². The van der Waals surface area contributed by atoms with Crippen molar-refractivity contribution >= 4 is 52.5 Å². The average molecular weight is 531 g/mol. The van der Waals surface area contributed by atoms with Gasteiger partial charge in [0.2, 0.25) is 12.7 Å². The third-order valence-corrected chi connectivity index (χ3v) is 5.70. The quantitative estimate of drug-likeness (QED) is 0.427. The Labute approximate surface area is 214 Å². The summed E-state index contributed by atoms with van der Waals surface area (Å²) in [6, 6.07) is 12.8. The van der Waals surface area contributed by atoms with Crippen molar-refractivity contribution in [3.05, 3.63) is 60.3 Å². The first-order chi connectivity index (χ1) is 17.9. The van der Waals surface area contributed by atoms with Gasteiger partial charge in [-0.05, 0) is 48.7 Å². The van der Waals surface area contributed by atoms with Crippen molar-refractivity contribution in [2.45, 2.75) is 25.2 Å². The van der Waals surface area contributed by atoms with Crippen LogP contribution in [0.25, 0.3) is 10.8 Å². The van der Waals surface area contributed by atoms with Crippen molar-refractivity contribution in [2.75, 3.05) is 29.0 Å². The highest BCUT2D eigenvalue weighted by Crippen LogP contribution is 2.25. The molecule has 2 heterocycles. The van der Waals surface area contributed by atoms with Crippen molar-refractivity contribution in [3.63, 3.8) is 0 Å². The van der Waals surface area contributed by atoms with Crippen LogP contribution in [0.4, 0.5) is 30.4 Å². The van der Waals surface area contributed by atoms with Gasteiger partial charge < -0.3 is 26.0 Å². The van der Waals surface area contributed by atoms with E-state index < -0.39 is 36.4 Å². The van der Waals surface area contributed by atoms with Crippen LogP contribution in [-0.4, -0.2) is 70.9 Å². The summed E-state index contributed by atoms with van der Waals surface area (Å²) in [6.07, 6.45) is -5.41. The maximum Gasteiger partial charge on any atom is 0.446 e. The van der Waals surface area contributed by atoms with E-state index in [1.165, 1.54) is 4.90 Å². The van der Waals surface area contributed by atoms with Gasteiger partial charge in [-0.25, -0.2) is 4.98 Å². The Bertz CT molecular complexity index is 1330. The number of nitrogens with zero attached hydrogens (tertiary/aromatic N) is 3. The van der Waals surface area contributed by atoms with Crippen LogP contribution in [0.2, 0.25) is 0 Å². The molecular formula is C25H24F3N5O5. The van der Waals surface area contributed by atoms with E-state index in [-0.39, 0.29) is 13.1 Å². The third kappa shape index (κ3) is 6.62. The molecule has 10 nitrogen and oxygen atoms in total. The first-order valence-corrected chi connectivity index (χ1v) is 11.2. The van der Waals surface area contributed by atoms with E-state index in [0.717, 1.165) is 21.2 Å². The number of carbonyl (C=O) groups is 4. The molecule has 0 bridgehead atoms. The van der Waals surface area contributed by atoms with Gasteiger partial charge in [0.1, 0.15) is 11.9 Å². The number of fused-ring (bicyclic) bond motifs is 1. The fourth-order valence-electron chi connectivity index (χ4n) is 3.82. The number of halogens is 3. The number of carbonyl (C=O) groups excluding carboxylic acids is 4. The smallest absolute Gasteiger partial charge is 0.383 e. The normalized spacial score (nSPS) is 16.3. The summed E-state index contributed by atoms with van der Waals surface area (Å²) in [5, 5.41) is 14.9. The Balaban J connectivity index is 0.000000599. The van der Waals surface area contributed by atoms with E-state index >= 15 is 0 Å². The van der Waals surface area contributed by atoms with Gasteiger partial charge in [0.25, 0.3) is 11.8 Å². The molecule has 1 aliphatic heterocycles. The number of nitrogen functional groups attached to an aromatic ring is 1. The number of hydrogen-bond donors (Lipinski definition) is 3. The number of aldehydes is 1. The van der Waals surface area contributed by atoms with E-state index in [1.807, 2.05) is 19.1 Å². The van der Waals surface area contributed by atoms with E-state index in [4.69, 9.17) is 10.5 Å². The molecule has 1 fully saturated rings. The SMILES string of the molecule is Cc1ccc(N2CCN(C=O)C(C(O)C(=O)Nc3ccc4c(N)nccc4c3)C2=O)cc1.O=CC(F)(F)F. The maximum atomic E-state index is 13.2. The highest BCUT2D eigenvalue weighted by molar-refractivity contribution is 6.06. The summed E-state index contributed by atoms with van der Waals surface area (Å²) in [5.41, 5.74) is 7.95. The number of aryl methyl sites for hydroxylation is 1. The van der Waals surface area contributed by atoms with E-state index in [1.54, 1.807) is 42.6 Å². The largest absolute Gasteiger partial charge is 0.446 e. The summed E-state index contributed by atoms with van der Waals surface area (Å²) in [6.45, 7) is 2.40. The number of aromatic nitrogens is 1. The number of nitrogens with two attached hydrogens (primary N) is 1. The number of benzene rings is 2. The zero-order chi connectivity index (χ0) is 28.0.